The van der Waals surface area contributed by atoms with Crippen LogP contribution in [0.1, 0.15) is 24.4 Å². The average Bonchev–Trinajstić information content (AvgIpc) is 3.19. The second-order valence-electron chi connectivity index (χ2n) is 7.79. The first kappa shape index (κ1) is 19.7. The number of hydrogen-bond acceptors (Lipinski definition) is 6. The van der Waals surface area contributed by atoms with Gasteiger partial charge in [-0.1, -0.05) is 4.99 Å². The van der Waals surface area contributed by atoms with Gasteiger partial charge in [0.15, 0.2) is 0 Å². The van der Waals surface area contributed by atoms with Crippen LogP contribution in [0.4, 0.5) is 10.7 Å². The van der Waals surface area contributed by atoms with Gasteiger partial charge in [0.25, 0.3) is 5.91 Å². The number of carbonyl (C=O) groups is 3. The van der Waals surface area contributed by atoms with Gasteiger partial charge in [-0.2, -0.15) is 0 Å². The van der Waals surface area contributed by atoms with Crippen LogP contribution >= 0.6 is 0 Å². The van der Waals surface area contributed by atoms with E-state index < -0.39 is 18.0 Å². The summed E-state index contributed by atoms with van der Waals surface area (Å²) in [5, 5.41) is 0. The third kappa shape index (κ3) is 3.16. The van der Waals surface area contributed by atoms with Crippen molar-refractivity contribution in [1.82, 2.24) is 19.3 Å². The molecule has 4 heterocycles. The van der Waals surface area contributed by atoms with Gasteiger partial charge in [0.1, 0.15) is 17.2 Å². The van der Waals surface area contributed by atoms with E-state index in [1.807, 2.05) is 18.4 Å². The number of hydrogen-bond donors (Lipinski definition) is 0. The van der Waals surface area contributed by atoms with E-state index in [4.69, 9.17) is 4.74 Å². The maximum Gasteiger partial charge on any atom is 0.402 e. The minimum atomic E-state index is -0.713. The SMILES string of the molecule is CC(=O)CN1C(=O)C2C(=Nc3n2c(C)c(C)[n+]3CCN2CCOCC2)N(C)C1=O. The minimum absolute atomic E-state index is 0.225. The summed E-state index contributed by atoms with van der Waals surface area (Å²) in [4.78, 5) is 46.8. The van der Waals surface area contributed by atoms with Gasteiger partial charge in [-0.05, 0) is 20.8 Å². The van der Waals surface area contributed by atoms with E-state index >= 15 is 0 Å². The molecule has 1 unspecified atom stereocenters. The highest BCUT2D eigenvalue weighted by Gasteiger charge is 2.54. The Hall–Kier alpha value is -2.59. The molecule has 3 amide bonds. The molecule has 0 bridgehead atoms. The van der Waals surface area contributed by atoms with Crippen molar-refractivity contribution < 1.29 is 23.7 Å². The number of rotatable bonds is 5. The quantitative estimate of drug-likeness (QED) is 0.635. The van der Waals surface area contributed by atoms with E-state index in [2.05, 4.69) is 14.5 Å². The molecule has 1 atom stereocenters. The second-order valence-corrected chi connectivity index (χ2v) is 7.79. The lowest BCUT2D eigenvalue weighted by molar-refractivity contribution is -0.688. The molecule has 29 heavy (non-hydrogen) atoms. The van der Waals surface area contributed by atoms with Crippen LogP contribution in [0.2, 0.25) is 0 Å². The Balaban J connectivity index is 1.67. The van der Waals surface area contributed by atoms with Gasteiger partial charge in [-0.3, -0.25) is 24.3 Å². The molecule has 3 aliphatic heterocycles. The predicted octanol–water partition coefficient (Wildman–Crippen LogP) is -0.208. The average molecular weight is 403 g/mol. The maximum absolute atomic E-state index is 13.1. The zero-order valence-electron chi connectivity index (χ0n) is 17.3. The summed E-state index contributed by atoms with van der Waals surface area (Å²) in [6.07, 6.45) is 0. The highest BCUT2D eigenvalue weighted by molar-refractivity contribution is 6.21. The summed E-state index contributed by atoms with van der Waals surface area (Å²) < 4.78 is 9.41. The first-order chi connectivity index (χ1) is 13.8. The number of imide groups is 1. The number of ketones is 1. The van der Waals surface area contributed by atoms with Crippen molar-refractivity contribution in [2.45, 2.75) is 33.4 Å². The Labute approximate surface area is 169 Å². The molecule has 0 aliphatic carbocycles. The first-order valence-electron chi connectivity index (χ1n) is 9.89. The first-order valence-corrected chi connectivity index (χ1v) is 9.89. The Bertz CT molecular complexity index is 914. The van der Waals surface area contributed by atoms with Crippen LogP contribution in [-0.2, 0) is 20.9 Å². The number of aliphatic imine (C=N–C) groups is 1. The van der Waals surface area contributed by atoms with Crippen molar-refractivity contribution in [1.29, 1.82) is 0 Å². The van der Waals surface area contributed by atoms with Gasteiger partial charge < -0.3 is 4.74 Å². The number of fused-ring (bicyclic) bond motifs is 3. The number of ether oxygens (including phenoxy) is 1. The Morgan fingerprint density at radius 1 is 1.24 bits per heavy atom. The van der Waals surface area contributed by atoms with Gasteiger partial charge in [-0.25, -0.2) is 13.9 Å². The summed E-state index contributed by atoms with van der Waals surface area (Å²) in [6, 6.07) is -1.23. The zero-order chi connectivity index (χ0) is 20.9. The lowest BCUT2D eigenvalue weighted by Crippen LogP contribution is -2.58. The fourth-order valence-corrected chi connectivity index (χ4v) is 4.20. The van der Waals surface area contributed by atoms with Crippen molar-refractivity contribution in [3.05, 3.63) is 11.4 Å². The number of carbonyl (C=O) groups excluding carboxylic acids is 3. The lowest BCUT2D eigenvalue weighted by atomic mass is 10.1. The molecule has 2 saturated heterocycles. The summed E-state index contributed by atoms with van der Waals surface area (Å²) in [5.74, 6) is 0.447. The van der Waals surface area contributed by atoms with Crippen molar-refractivity contribution in [2.24, 2.45) is 4.99 Å². The fourth-order valence-electron chi connectivity index (χ4n) is 4.20. The van der Waals surface area contributed by atoms with Crippen LogP contribution in [0.25, 0.3) is 0 Å². The summed E-state index contributed by atoms with van der Waals surface area (Å²) >= 11 is 0. The van der Waals surface area contributed by atoms with Gasteiger partial charge in [0.05, 0.1) is 26.3 Å². The largest absolute Gasteiger partial charge is 0.402 e. The van der Waals surface area contributed by atoms with Crippen LogP contribution in [0.15, 0.2) is 4.99 Å². The molecule has 10 heteroatoms. The number of amidine groups is 1. The Morgan fingerprint density at radius 2 is 1.93 bits per heavy atom. The summed E-state index contributed by atoms with van der Waals surface area (Å²) in [6.45, 7) is 10.0. The highest BCUT2D eigenvalue weighted by atomic mass is 16.5. The molecule has 2 fully saturated rings. The van der Waals surface area contributed by atoms with Crippen LogP contribution in [-0.4, -0.2) is 89.3 Å². The van der Waals surface area contributed by atoms with E-state index in [0.717, 1.165) is 55.7 Å². The monoisotopic (exact) mass is 403 g/mol. The fraction of sp³-hybridized carbons (Fsp3) is 0.632. The number of urea groups is 1. The standard InChI is InChI=1S/C19H27N6O4/c1-12(26)11-24-17(27)15-16(21(4)19(24)28)20-18-23(13(2)14(3)25(15)18)6-5-22-7-9-29-10-8-22/h15H,5-11H2,1-4H3/q+1. The third-order valence-electron chi connectivity index (χ3n) is 5.95. The minimum Gasteiger partial charge on any atom is -0.379 e. The number of imidazole rings is 1. The van der Waals surface area contributed by atoms with Gasteiger partial charge >= 0.3 is 12.0 Å². The van der Waals surface area contributed by atoms with Crippen LogP contribution in [0.5, 0.6) is 0 Å². The summed E-state index contributed by atoms with van der Waals surface area (Å²) in [7, 11) is 1.60. The molecule has 0 saturated carbocycles. The number of nitrogens with zero attached hydrogens (tertiary/aromatic N) is 6. The van der Waals surface area contributed by atoms with E-state index in [1.165, 1.54) is 11.8 Å². The Kier molecular flexibility index (Phi) is 4.99. The molecule has 0 spiro atoms. The number of morpholine rings is 1. The third-order valence-corrected chi connectivity index (χ3v) is 5.95. The smallest absolute Gasteiger partial charge is 0.379 e. The molecule has 4 rings (SSSR count). The lowest BCUT2D eigenvalue weighted by Gasteiger charge is -2.32. The second kappa shape index (κ2) is 7.34. The zero-order valence-corrected chi connectivity index (χ0v) is 17.3. The van der Waals surface area contributed by atoms with Crippen LogP contribution in [0.3, 0.4) is 0 Å². The van der Waals surface area contributed by atoms with Crippen molar-refractivity contribution >= 4 is 29.5 Å². The van der Waals surface area contributed by atoms with Crippen molar-refractivity contribution in [2.75, 3.05) is 46.4 Å². The van der Waals surface area contributed by atoms with Gasteiger partial charge in [0, 0.05) is 26.7 Å². The number of likely N-dealkylation sites (N-methyl/N-ethyl adjacent to an activating group) is 1. The number of aromatic nitrogens is 2. The molecule has 0 aromatic carbocycles. The van der Waals surface area contributed by atoms with Crippen LogP contribution < -0.4 is 4.57 Å². The molecular weight excluding hydrogens is 376 g/mol. The summed E-state index contributed by atoms with van der Waals surface area (Å²) in [5.41, 5.74) is 1.98. The molecule has 156 valence electrons. The van der Waals surface area contributed by atoms with Crippen LogP contribution in [0, 0.1) is 13.8 Å². The Morgan fingerprint density at radius 3 is 2.59 bits per heavy atom. The van der Waals surface area contributed by atoms with Gasteiger partial charge in [0.2, 0.25) is 11.9 Å². The number of Topliss-reactive ketones (excluding diaryl/α,β-unsaturated/α-hetero) is 1. The maximum atomic E-state index is 13.1. The molecule has 3 aliphatic rings. The number of amides is 3. The van der Waals surface area contributed by atoms with E-state index in [-0.39, 0.29) is 12.3 Å². The highest BCUT2D eigenvalue weighted by Crippen LogP contribution is 2.35. The van der Waals surface area contributed by atoms with Gasteiger partial charge in [-0.15, -0.1) is 0 Å². The van der Waals surface area contributed by atoms with E-state index in [9.17, 15) is 14.4 Å². The van der Waals surface area contributed by atoms with E-state index in [0.29, 0.717) is 11.8 Å². The van der Waals surface area contributed by atoms with Crippen molar-refractivity contribution in [3.8, 4) is 0 Å². The molecular formula is C19H27N6O4+. The molecule has 0 radical (unpaired) electrons. The predicted molar refractivity (Wildman–Crippen MR) is 103 cm³/mol. The molecule has 10 nitrogen and oxygen atoms in total. The van der Waals surface area contributed by atoms with E-state index in [1.54, 1.807) is 7.05 Å². The molecule has 0 N–H and O–H groups in total. The molecule has 1 aromatic rings. The molecule has 1 aromatic heterocycles. The topological polar surface area (TPSA) is 91.3 Å². The normalized spacial score (nSPS) is 22.1. The van der Waals surface area contributed by atoms with Crippen molar-refractivity contribution in [3.63, 3.8) is 0 Å².